The summed E-state index contributed by atoms with van der Waals surface area (Å²) in [6.45, 7) is 1.03. The average Bonchev–Trinajstić information content (AvgIpc) is 3.12. The normalized spacial score (nSPS) is 15.4. The first-order chi connectivity index (χ1) is 11.5. The first-order valence-corrected chi connectivity index (χ1v) is 8.99. The SMILES string of the molecule is O=C(Oc1ccccc1F)c1ccc(S(=O)(=O)N2CCCC2)cc1. The fourth-order valence-electron chi connectivity index (χ4n) is 2.53. The second-order valence-corrected chi connectivity index (χ2v) is 7.39. The highest BCUT2D eigenvalue weighted by atomic mass is 32.2. The monoisotopic (exact) mass is 349 g/mol. The molecule has 2 aromatic carbocycles. The van der Waals surface area contributed by atoms with Crippen LogP contribution in [0.3, 0.4) is 0 Å². The van der Waals surface area contributed by atoms with Gasteiger partial charge in [-0.3, -0.25) is 0 Å². The molecule has 126 valence electrons. The Hall–Kier alpha value is -2.25. The summed E-state index contributed by atoms with van der Waals surface area (Å²) in [4.78, 5) is 12.2. The van der Waals surface area contributed by atoms with E-state index < -0.39 is 21.8 Å². The molecule has 24 heavy (non-hydrogen) atoms. The van der Waals surface area contributed by atoms with Crippen LogP contribution in [0.25, 0.3) is 0 Å². The Bertz CT molecular complexity index is 843. The number of sulfonamides is 1. The average molecular weight is 349 g/mol. The van der Waals surface area contributed by atoms with Crippen LogP contribution in [-0.2, 0) is 10.0 Å². The molecule has 1 fully saturated rings. The molecule has 0 unspecified atom stereocenters. The lowest BCUT2D eigenvalue weighted by Gasteiger charge is -2.15. The summed E-state index contributed by atoms with van der Waals surface area (Å²) in [5.41, 5.74) is 0.152. The number of hydrogen-bond acceptors (Lipinski definition) is 4. The molecular weight excluding hydrogens is 333 g/mol. The third-order valence-corrected chi connectivity index (χ3v) is 5.75. The smallest absolute Gasteiger partial charge is 0.343 e. The summed E-state index contributed by atoms with van der Waals surface area (Å²) < 4.78 is 44.7. The largest absolute Gasteiger partial charge is 0.420 e. The van der Waals surface area contributed by atoms with E-state index in [1.165, 1.54) is 46.8 Å². The van der Waals surface area contributed by atoms with Crippen molar-refractivity contribution in [2.75, 3.05) is 13.1 Å². The van der Waals surface area contributed by atoms with Gasteiger partial charge >= 0.3 is 5.97 Å². The van der Waals surface area contributed by atoms with Crippen molar-refractivity contribution in [1.29, 1.82) is 0 Å². The topological polar surface area (TPSA) is 63.7 Å². The lowest BCUT2D eigenvalue weighted by atomic mass is 10.2. The second-order valence-electron chi connectivity index (χ2n) is 5.46. The minimum Gasteiger partial charge on any atom is -0.420 e. The van der Waals surface area contributed by atoms with E-state index >= 15 is 0 Å². The molecule has 0 amide bonds. The fraction of sp³-hybridized carbons (Fsp3) is 0.235. The van der Waals surface area contributed by atoms with Gasteiger partial charge in [0.25, 0.3) is 0 Å². The molecule has 7 heteroatoms. The summed E-state index contributed by atoms with van der Waals surface area (Å²) >= 11 is 0. The molecule has 0 bridgehead atoms. The van der Waals surface area contributed by atoms with E-state index in [-0.39, 0.29) is 16.2 Å². The quantitative estimate of drug-likeness (QED) is 0.629. The molecule has 3 rings (SSSR count). The maximum atomic E-state index is 13.5. The van der Waals surface area contributed by atoms with Crippen molar-refractivity contribution in [1.82, 2.24) is 4.31 Å². The zero-order chi connectivity index (χ0) is 17.2. The van der Waals surface area contributed by atoms with E-state index in [4.69, 9.17) is 4.74 Å². The zero-order valence-electron chi connectivity index (χ0n) is 12.8. The molecule has 0 atom stereocenters. The molecule has 1 saturated heterocycles. The van der Waals surface area contributed by atoms with Crippen LogP contribution in [-0.4, -0.2) is 31.8 Å². The van der Waals surface area contributed by atoms with Crippen molar-refractivity contribution < 1.29 is 22.3 Å². The maximum absolute atomic E-state index is 13.5. The van der Waals surface area contributed by atoms with Crippen LogP contribution >= 0.6 is 0 Å². The predicted octanol–water partition coefficient (Wildman–Crippen LogP) is 2.83. The van der Waals surface area contributed by atoms with Crippen molar-refractivity contribution in [2.45, 2.75) is 17.7 Å². The summed E-state index contributed by atoms with van der Waals surface area (Å²) in [5, 5.41) is 0. The lowest BCUT2D eigenvalue weighted by molar-refractivity contribution is 0.0727. The van der Waals surface area contributed by atoms with E-state index in [2.05, 4.69) is 0 Å². The molecule has 0 saturated carbocycles. The van der Waals surface area contributed by atoms with Crippen LogP contribution in [0.1, 0.15) is 23.2 Å². The van der Waals surface area contributed by atoms with Gasteiger partial charge < -0.3 is 4.74 Å². The number of carbonyl (C=O) groups is 1. The van der Waals surface area contributed by atoms with Gasteiger partial charge in [0.05, 0.1) is 10.5 Å². The molecule has 0 aliphatic carbocycles. The Morgan fingerprint density at radius 1 is 1.00 bits per heavy atom. The molecule has 0 spiro atoms. The van der Waals surface area contributed by atoms with Crippen LogP contribution in [0.2, 0.25) is 0 Å². The molecular formula is C17H16FNO4S. The van der Waals surface area contributed by atoms with Gasteiger partial charge in [0.15, 0.2) is 11.6 Å². The van der Waals surface area contributed by atoms with E-state index in [1.807, 2.05) is 0 Å². The van der Waals surface area contributed by atoms with E-state index in [0.29, 0.717) is 13.1 Å². The summed E-state index contributed by atoms with van der Waals surface area (Å²) in [6, 6.07) is 11.0. The summed E-state index contributed by atoms with van der Waals surface area (Å²) in [7, 11) is -3.53. The van der Waals surface area contributed by atoms with Gasteiger partial charge in [0.1, 0.15) is 0 Å². The number of rotatable bonds is 4. The van der Waals surface area contributed by atoms with Crippen molar-refractivity contribution in [3.63, 3.8) is 0 Å². The number of esters is 1. The molecule has 0 aromatic heterocycles. The Morgan fingerprint density at radius 2 is 1.62 bits per heavy atom. The van der Waals surface area contributed by atoms with Gasteiger partial charge in [-0.15, -0.1) is 0 Å². The maximum Gasteiger partial charge on any atom is 0.343 e. The number of nitrogens with zero attached hydrogens (tertiary/aromatic N) is 1. The zero-order valence-corrected chi connectivity index (χ0v) is 13.6. The Kier molecular flexibility index (Phi) is 4.64. The third-order valence-electron chi connectivity index (χ3n) is 3.83. The molecule has 0 radical (unpaired) electrons. The predicted molar refractivity (Wildman–Crippen MR) is 85.8 cm³/mol. The number of para-hydroxylation sites is 1. The minimum absolute atomic E-state index is 0.131. The number of hydrogen-bond donors (Lipinski definition) is 0. The first kappa shape index (κ1) is 16.6. The van der Waals surface area contributed by atoms with Gasteiger partial charge in [-0.1, -0.05) is 12.1 Å². The molecule has 1 aliphatic rings. The van der Waals surface area contributed by atoms with Gasteiger partial charge in [-0.25, -0.2) is 17.6 Å². The molecule has 5 nitrogen and oxygen atoms in total. The van der Waals surface area contributed by atoms with E-state index in [1.54, 1.807) is 6.07 Å². The summed E-state index contributed by atoms with van der Waals surface area (Å²) in [5.74, 6) is -1.56. The highest BCUT2D eigenvalue weighted by molar-refractivity contribution is 7.89. The van der Waals surface area contributed by atoms with Gasteiger partial charge in [0.2, 0.25) is 10.0 Å². The van der Waals surface area contributed by atoms with Crippen LogP contribution in [0.4, 0.5) is 4.39 Å². The Labute approximate surface area is 139 Å². The molecule has 2 aromatic rings. The van der Waals surface area contributed by atoms with E-state index in [9.17, 15) is 17.6 Å². The van der Waals surface area contributed by atoms with Gasteiger partial charge in [-0.05, 0) is 49.2 Å². The van der Waals surface area contributed by atoms with Crippen LogP contribution in [0.5, 0.6) is 5.75 Å². The van der Waals surface area contributed by atoms with E-state index in [0.717, 1.165) is 12.8 Å². The minimum atomic E-state index is -3.53. The molecule has 1 aliphatic heterocycles. The molecule has 0 N–H and O–H groups in total. The number of carbonyl (C=O) groups excluding carboxylic acids is 1. The van der Waals surface area contributed by atoms with Crippen LogP contribution in [0, 0.1) is 5.82 Å². The fourth-order valence-corrected chi connectivity index (χ4v) is 4.04. The van der Waals surface area contributed by atoms with Crippen molar-refractivity contribution in [2.24, 2.45) is 0 Å². The van der Waals surface area contributed by atoms with Crippen molar-refractivity contribution in [3.8, 4) is 5.75 Å². The first-order valence-electron chi connectivity index (χ1n) is 7.55. The third kappa shape index (κ3) is 3.32. The summed E-state index contributed by atoms with van der Waals surface area (Å²) in [6.07, 6.45) is 1.71. The lowest BCUT2D eigenvalue weighted by Crippen LogP contribution is -2.27. The standard InChI is InChI=1S/C17H16FNO4S/c18-15-5-1-2-6-16(15)23-17(20)13-7-9-14(10-8-13)24(21,22)19-11-3-4-12-19/h1-2,5-10H,3-4,11-12H2. The highest BCUT2D eigenvalue weighted by Gasteiger charge is 2.27. The van der Waals surface area contributed by atoms with Crippen LogP contribution < -0.4 is 4.74 Å². The highest BCUT2D eigenvalue weighted by Crippen LogP contribution is 2.22. The van der Waals surface area contributed by atoms with Crippen molar-refractivity contribution in [3.05, 3.63) is 59.9 Å². The molecule has 1 heterocycles. The van der Waals surface area contributed by atoms with Crippen molar-refractivity contribution >= 4 is 16.0 Å². The Morgan fingerprint density at radius 3 is 2.25 bits per heavy atom. The number of halogens is 1. The second kappa shape index (κ2) is 6.70. The Balaban J connectivity index is 1.77. The number of ether oxygens (including phenoxy) is 1. The van der Waals surface area contributed by atoms with Crippen LogP contribution in [0.15, 0.2) is 53.4 Å². The number of benzene rings is 2. The van der Waals surface area contributed by atoms with Gasteiger partial charge in [-0.2, -0.15) is 4.31 Å². The van der Waals surface area contributed by atoms with Gasteiger partial charge in [0, 0.05) is 13.1 Å².